The average Bonchev–Trinajstić information content (AvgIpc) is 2.60. The molecule has 2 rings (SSSR count). The lowest BCUT2D eigenvalue weighted by atomic mass is 10.1. The molecule has 0 saturated carbocycles. The van der Waals surface area contributed by atoms with Crippen LogP contribution in [-0.2, 0) is 6.54 Å². The molecule has 1 heterocycles. The van der Waals surface area contributed by atoms with Gasteiger partial charge in [0.05, 0.1) is 11.3 Å². The van der Waals surface area contributed by atoms with Gasteiger partial charge in [0.1, 0.15) is 5.69 Å². The lowest BCUT2D eigenvalue weighted by Gasteiger charge is -2.13. The number of aromatic nitrogens is 2. The van der Waals surface area contributed by atoms with E-state index in [2.05, 4.69) is 15.7 Å². The number of hydrogen-bond acceptors (Lipinski definition) is 4. The number of carbonyl (C=O) groups is 2. The molecule has 1 aromatic carbocycles. The van der Waals surface area contributed by atoms with E-state index in [9.17, 15) is 14.4 Å². The van der Waals surface area contributed by atoms with E-state index in [-0.39, 0.29) is 23.2 Å². The van der Waals surface area contributed by atoms with Crippen LogP contribution in [0.3, 0.4) is 0 Å². The molecule has 0 atom stereocenters. The molecule has 1 aromatic heterocycles. The van der Waals surface area contributed by atoms with Crippen LogP contribution in [0.1, 0.15) is 54.5 Å². The molecule has 138 valence electrons. The van der Waals surface area contributed by atoms with Crippen molar-refractivity contribution in [1.82, 2.24) is 15.1 Å². The molecule has 0 aliphatic rings. The predicted molar refractivity (Wildman–Crippen MR) is 100 cm³/mol. The Morgan fingerprint density at radius 2 is 1.85 bits per heavy atom. The van der Waals surface area contributed by atoms with Crippen LogP contribution in [0.5, 0.6) is 0 Å². The summed E-state index contributed by atoms with van der Waals surface area (Å²) in [4.78, 5) is 36.6. The zero-order chi connectivity index (χ0) is 19.1. The molecule has 2 aromatic rings. The lowest BCUT2D eigenvalue weighted by Crippen LogP contribution is -2.31. The fourth-order valence-electron chi connectivity index (χ4n) is 2.35. The minimum Gasteiger partial charge on any atom is -0.350 e. The zero-order valence-corrected chi connectivity index (χ0v) is 15.3. The summed E-state index contributed by atoms with van der Waals surface area (Å²) in [6, 6.07) is 9.45. The Morgan fingerprint density at radius 3 is 2.54 bits per heavy atom. The van der Waals surface area contributed by atoms with Crippen molar-refractivity contribution in [2.24, 2.45) is 0 Å². The molecule has 0 aliphatic heterocycles. The van der Waals surface area contributed by atoms with Crippen LogP contribution in [0.2, 0.25) is 0 Å². The Kier molecular flexibility index (Phi) is 6.66. The summed E-state index contributed by atoms with van der Waals surface area (Å²) in [5.74, 6) is -0.739. The summed E-state index contributed by atoms with van der Waals surface area (Å²) in [5.41, 5.74) is 0.643. The van der Waals surface area contributed by atoms with Crippen LogP contribution in [-0.4, -0.2) is 27.6 Å². The van der Waals surface area contributed by atoms with E-state index in [0.717, 1.165) is 12.8 Å². The highest BCUT2D eigenvalue weighted by molar-refractivity contribution is 6.08. The third-order valence-corrected chi connectivity index (χ3v) is 3.66. The molecule has 2 N–H and O–H groups in total. The maximum absolute atomic E-state index is 12.5. The number of anilines is 1. The number of unbranched alkanes of at least 4 members (excludes halogenated alkanes) is 1. The Hall–Kier alpha value is -2.96. The van der Waals surface area contributed by atoms with Crippen LogP contribution in [0.15, 0.2) is 41.2 Å². The van der Waals surface area contributed by atoms with Crippen molar-refractivity contribution in [3.05, 3.63) is 58.0 Å². The Bertz CT molecular complexity index is 843. The second-order valence-corrected chi connectivity index (χ2v) is 6.26. The molecule has 7 nitrogen and oxygen atoms in total. The topological polar surface area (TPSA) is 93.1 Å². The monoisotopic (exact) mass is 356 g/mol. The summed E-state index contributed by atoms with van der Waals surface area (Å²) in [6.07, 6.45) is 1.72. The highest BCUT2D eigenvalue weighted by Gasteiger charge is 2.16. The Labute approximate surface area is 152 Å². The number of para-hydroxylation sites is 1. The summed E-state index contributed by atoms with van der Waals surface area (Å²) < 4.78 is 1.29. The average molecular weight is 356 g/mol. The molecule has 0 bridgehead atoms. The number of rotatable bonds is 7. The molecular weight excluding hydrogens is 332 g/mol. The molecule has 7 heteroatoms. The third kappa shape index (κ3) is 5.02. The van der Waals surface area contributed by atoms with Crippen molar-refractivity contribution in [3.8, 4) is 0 Å². The SMILES string of the molecule is CCCCn1nc(C(=O)Nc2ccccc2C(=O)NC(C)C)ccc1=O. The fourth-order valence-corrected chi connectivity index (χ4v) is 2.35. The van der Waals surface area contributed by atoms with Crippen molar-refractivity contribution in [2.45, 2.75) is 46.2 Å². The molecule has 0 radical (unpaired) electrons. The minimum atomic E-state index is -0.472. The van der Waals surface area contributed by atoms with Gasteiger partial charge in [-0.25, -0.2) is 4.68 Å². The number of amides is 2. The van der Waals surface area contributed by atoms with Crippen LogP contribution >= 0.6 is 0 Å². The zero-order valence-electron chi connectivity index (χ0n) is 15.3. The molecule has 0 unspecified atom stereocenters. The molecule has 2 amide bonds. The normalized spacial score (nSPS) is 10.6. The van der Waals surface area contributed by atoms with Gasteiger partial charge in [0.25, 0.3) is 17.4 Å². The highest BCUT2D eigenvalue weighted by Crippen LogP contribution is 2.16. The van der Waals surface area contributed by atoms with Crippen molar-refractivity contribution in [1.29, 1.82) is 0 Å². The smallest absolute Gasteiger partial charge is 0.276 e. The van der Waals surface area contributed by atoms with E-state index in [1.54, 1.807) is 24.3 Å². The first-order chi connectivity index (χ1) is 12.4. The maximum Gasteiger partial charge on any atom is 0.276 e. The van der Waals surface area contributed by atoms with Gasteiger partial charge < -0.3 is 10.6 Å². The van der Waals surface area contributed by atoms with E-state index < -0.39 is 5.91 Å². The molecule has 0 spiro atoms. The van der Waals surface area contributed by atoms with Crippen molar-refractivity contribution < 1.29 is 9.59 Å². The number of benzene rings is 1. The number of carbonyl (C=O) groups excluding carboxylic acids is 2. The van der Waals surface area contributed by atoms with Crippen LogP contribution < -0.4 is 16.2 Å². The van der Waals surface area contributed by atoms with Crippen LogP contribution in [0.25, 0.3) is 0 Å². The van der Waals surface area contributed by atoms with Crippen molar-refractivity contribution in [2.75, 3.05) is 5.32 Å². The van der Waals surface area contributed by atoms with E-state index in [1.807, 2.05) is 20.8 Å². The summed E-state index contributed by atoms with van der Waals surface area (Å²) >= 11 is 0. The van der Waals surface area contributed by atoms with E-state index >= 15 is 0 Å². The largest absolute Gasteiger partial charge is 0.350 e. The second-order valence-electron chi connectivity index (χ2n) is 6.26. The van der Waals surface area contributed by atoms with Crippen molar-refractivity contribution >= 4 is 17.5 Å². The van der Waals surface area contributed by atoms with Gasteiger partial charge in [-0.05, 0) is 38.5 Å². The lowest BCUT2D eigenvalue weighted by molar-refractivity contribution is 0.0944. The number of nitrogens with zero attached hydrogens (tertiary/aromatic N) is 2. The predicted octanol–water partition coefficient (Wildman–Crippen LogP) is 2.43. The standard InChI is InChI=1S/C19H24N4O3/c1-4-5-12-23-17(24)11-10-16(22-23)19(26)21-15-9-7-6-8-14(15)18(25)20-13(2)3/h6-11,13H,4-5,12H2,1-3H3,(H,20,25)(H,21,26). The first-order valence-electron chi connectivity index (χ1n) is 8.71. The van der Waals surface area contributed by atoms with Gasteiger partial charge in [-0.2, -0.15) is 5.10 Å². The first-order valence-corrected chi connectivity index (χ1v) is 8.71. The maximum atomic E-state index is 12.5. The van der Waals surface area contributed by atoms with E-state index in [0.29, 0.717) is 17.8 Å². The van der Waals surface area contributed by atoms with Crippen molar-refractivity contribution in [3.63, 3.8) is 0 Å². The van der Waals surface area contributed by atoms with E-state index in [4.69, 9.17) is 0 Å². The number of aryl methyl sites for hydroxylation is 1. The Morgan fingerprint density at radius 1 is 1.12 bits per heavy atom. The number of nitrogens with one attached hydrogen (secondary N) is 2. The van der Waals surface area contributed by atoms with Gasteiger partial charge in [0, 0.05) is 18.7 Å². The summed E-state index contributed by atoms with van der Waals surface area (Å²) in [5, 5.41) is 9.63. The van der Waals surface area contributed by atoms with Gasteiger partial charge in [0.15, 0.2) is 0 Å². The second kappa shape index (κ2) is 8.94. The molecule has 26 heavy (non-hydrogen) atoms. The minimum absolute atomic E-state index is 0.0185. The quantitative estimate of drug-likeness (QED) is 0.797. The van der Waals surface area contributed by atoms with Gasteiger partial charge in [-0.1, -0.05) is 25.5 Å². The molecule has 0 aliphatic carbocycles. The molecular formula is C19H24N4O3. The fraction of sp³-hybridized carbons (Fsp3) is 0.368. The highest BCUT2D eigenvalue weighted by atomic mass is 16.2. The summed E-state index contributed by atoms with van der Waals surface area (Å²) in [6.45, 7) is 6.20. The van der Waals surface area contributed by atoms with Gasteiger partial charge >= 0.3 is 0 Å². The molecule has 0 saturated heterocycles. The van der Waals surface area contributed by atoms with Gasteiger partial charge in [0.2, 0.25) is 0 Å². The van der Waals surface area contributed by atoms with Crippen LogP contribution in [0.4, 0.5) is 5.69 Å². The van der Waals surface area contributed by atoms with Crippen LogP contribution in [0, 0.1) is 0 Å². The van der Waals surface area contributed by atoms with Gasteiger partial charge in [-0.3, -0.25) is 14.4 Å². The van der Waals surface area contributed by atoms with E-state index in [1.165, 1.54) is 16.8 Å². The third-order valence-electron chi connectivity index (χ3n) is 3.66. The summed E-state index contributed by atoms with van der Waals surface area (Å²) in [7, 11) is 0. The molecule has 0 fully saturated rings. The first kappa shape index (κ1) is 19.4. The number of hydrogen-bond donors (Lipinski definition) is 2. The Balaban J connectivity index is 2.23. The van der Waals surface area contributed by atoms with Gasteiger partial charge in [-0.15, -0.1) is 0 Å².